The van der Waals surface area contributed by atoms with Crippen molar-refractivity contribution in [2.24, 2.45) is 0 Å². The van der Waals surface area contributed by atoms with Crippen LogP contribution >= 0.6 is 0 Å². The monoisotopic (exact) mass is 163 g/mol. The normalized spacial score (nSPS) is 9.83. The van der Waals surface area contributed by atoms with E-state index in [1.807, 2.05) is 12.1 Å². The Hall–Kier alpha value is -1.05. The number of hydrogen-bond acceptors (Lipinski definition) is 2. The Kier molecular flexibility index (Phi) is 3.58. The van der Waals surface area contributed by atoms with Crippen molar-refractivity contribution in [2.45, 2.75) is 19.8 Å². The van der Waals surface area contributed by atoms with Crippen LogP contribution in [0.15, 0.2) is 18.3 Å². The van der Waals surface area contributed by atoms with Gasteiger partial charge < -0.3 is 4.90 Å². The summed E-state index contributed by atoms with van der Waals surface area (Å²) in [5, 5.41) is 0. The minimum atomic E-state index is 1.07. The maximum atomic E-state index is 3.95. The Morgan fingerprint density at radius 2 is 2.42 bits per heavy atom. The molecule has 0 aliphatic heterocycles. The molecule has 0 saturated carbocycles. The number of aromatic nitrogens is 1. The summed E-state index contributed by atoms with van der Waals surface area (Å²) in [6.07, 6.45) is 7.15. The van der Waals surface area contributed by atoms with Gasteiger partial charge in [0.15, 0.2) is 0 Å². The Balaban J connectivity index is 2.48. The Morgan fingerprint density at radius 3 is 3.00 bits per heavy atom. The second-order valence-electron chi connectivity index (χ2n) is 2.91. The first-order valence-corrected chi connectivity index (χ1v) is 4.38. The summed E-state index contributed by atoms with van der Waals surface area (Å²) in [5.41, 5.74) is 1.07. The number of unbranched alkanes of at least 4 members (excludes halogenated alkanes) is 1. The van der Waals surface area contributed by atoms with Gasteiger partial charge in [-0.05, 0) is 18.6 Å². The highest BCUT2D eigenvalue weighted by Crippen LogP contribution is 2.08. The van der Waals surface area contributed by atoms with E-state index in [4.69, 9.17) is 0 Å². The third kappa shape index (κ3) is 2.53. The molecule has 2 heteroatoms. The van der Waals surface area contributed by atoms with Crippen molar-refractivity contribution in [1.29, 1.82) is 0 Å². The maximum absolute atomic E-state index is 3.95. The van der Waals surface area contributed by atoms with Gasteiger partial charge in [0, 0.05) is 19.8 Å². The molecule has 1 aromatic heterocycles. The molecule has 2 nitrogen and oxygen atoms in total. The number of anilines is 1. The molecule has 1 radical (unpaired) electrons. The molecule has 12 heavy (non-hydrogen) atoms. The first-order chi connectivity index (χ1) is 5.84. The van der Waals surface area contributed by atoms with Crippen molar-refractivity contribution in [3.63, 3.8) is 0 Å². The van der Waals surface area contributed by atoms with Crippen molar-refractivity contribution in [3.05, 3.63) is 24.5 Å². The SMILES string of the molecule is CCCCN(C)c1[c]nccc1. The predicted molar refractivity (Wildman–Crippen MR) is 51.3 cm³/mol. The lowest BCUT2D eigenvalue weighted by Crippen LogP contribution is -2.18. The third-order valence-electron chi connectivity index (χ3n) is 1.85. The Labute approximate surface area is 74.2 Å². The van der Waals surface area contributed by atoms with Gasteiger partial charge in [0.1, 0.15) is 6.20 Å². The molecule has 65 valence electrons. The first kappa shape index (κ1) is 9.04. The summed E-state index contributed by atoms with van der Waals surface area (Å²) in [4.78, 5) is 6.12. The van der Waals surface area contributed by atoms with Crippen LogP contribution in [-0.4, -0.2) is 18.6 Å². The summed E-state index contributed by atoms with van der Waals surface area (Å²) in [7, 11) is 2.07. The van der Waals surface area contributed by atoms with Gasteiger partial charge >= 0.3 is 0 Å². The summed E-state index contributed by atoms with van der Waals surface area (Å²) in [6.45, 7) is 3.28. The highest BCUT2D eigenvalue weighted by molar-refractivity contribution is 5.41. The summed E-state index contributed by atoms with van der Waals surface area (Å²) < 4.78 is 0. The van der Waals surface area contributed by atoms with E-state index in [0.717, 1.165) is 12.2 Å². The van der Waals surface area contributed by atoms with E-state index in [1.54, 1.807) is 6.20 Å². The van der Waals surface area contributed by atoms with E-state index in [2.05, 4.69) is 30.1 Å². The fraction of sp³-hybridized carbons (Fsp3) is 0.500. The molecule has 1 rings (SSSR count). The molecule has 1 heterocycles. The van der Waals surface area contributed by atoms with Gasteiger partial charge in [-0.25, -0.2) is 0 Å². The lowest BCUT2D eigenvalue weighted by Gasteiger charge is -2.17. The van der Waals surface area contributed by atoms with Crippen LogP contribution in [0.25, 0.3) is 0 Å². The molecule has 0 N–H and O–H groups in total. The molecule has 0 saturated heterocycles. The largest absolute Gasteiger partial charge is 0.373 e. The van der Waals surface area contributed by atoms with E-state index in [-0.39, 0.29) is 0 Å². The molecule has 0 atom stereocenters. The van der Waals surface area contributed by atoms with Crippen molar-refractivity contribution in [1.82, 2.24) is 4.98 Å². The quantitative estimate of drug-likeness (QED) is 0.676. The van der Waals surface area contributed by atoms with Crippen molar-refractivity contribution >= 4 is 5.69 Å². The standard InChI is InChI=1S/C10H15N2/c1-3-4-8-12(2)10-6-5-7-11-9-10/h5-7H,3-4,8H2,1-2H3. The second kappa shape index (κ2) is 4.75. The van der Waals surface area contributed by atoms with Crippen LogP contribution in [0.3, 0.4) is 0 Å². The molecule has 0 bridgehead atoms. The Bertz CT molecular complexity index is 208. The van der Waals surface area contributed by atoms with Crippen LogP contribution in [0.1, 0.15) is 19.8 Å². The lowest BCUT2D eigenvalue weighted by molar-refractivity contribution is 0.765. The molecule has 0 aromatic carbocycles. The molecule has 0 unspecified atom stereocenters. The number of nitrogens with zero attached hydrogens (tertiary/aromatic N) is 2. The van der Waals surface area contributed by atoms with Gasteiger partial charge in [0.25, 0.3) is 0 Å². The maximum Gasteiger partial charge on any atom is 0.114 e. The van der Waals surface area contributed by atoms with E-state index in [1.165, 1.54) is 12.8 Å². The van der Waals surface area contributed by atoms with Gasteiger partial charge in [-0.1, -0.05) is 13.3 Å². The molecule has 0 amide bonds. The molecule has 0 fully saturated rings. The van der Waals surface area contributed by atoms with Crippen LogP contribution in [0.2, 0.25) is 0 Å². The van der Waals surface area contributed by atoms with Crippen LogP contribution in [0.4, 0.5) is 5.69 Å². The van der Waals surface area contributed by atoms with Crippen molar-refractivity contribution in [3.8, 4) is 0 Å². The van der Waals surface area contributed by atoms with Crippen molar-refractivity contribution < 1.29 is 0 Å². The zero-order chi connectivity index (χ0) is 8.81. The fourth-order valence-electron chi connectivity index (χ4n) is 1.05. The van der Waals surface area contributed by atoms with Crippen molar-refractivity contribution in [2.75, 3.05) is 18.5 Å². The van der Waals surface area contributed by atoms with Crippen LogP contribution in [-0.2, 0) is 0 Å². The Morgan fingerprint density at radius 1 is 1.58 bits per heavy atom. The van der Waals surface area contributed by atoms with E-state index >= 15 is 0 Å². The molecular formula is C10H15N2. The molecular weight excluding hydrogens is 148 g/mol. The van der Waals surface area contributed by atoms with Crippen LogP contribution in [0, 0.1) is 6.20 Å². The number of rotatable bonds is 4. The topological polar surface area (TPSA) is 16.1 Å². The van der Waals surface area contributed by atoms with E-state index in [9.17, 15) is 0 Å². The summed E-state index contributed by atoms with van der Waals surface area (Å²) >= 11 is 0. The average Bonchev–Trinajstić information content (AvgIpc) is 2.15. The predicted octanol–water partition coefficient (Wildman–Crippen LogP) is 2.12. The van der Waals surface area contributed by atoms with Crippen LogP contribution in [0.5, 0.6) is 0 Å². The molecule has 0 spiro atoms. The lowest BCUT2D eigenvalue weighted by atomic mass is 10.3. The highest BCUT2D eigenvalue weighted by atomic mass is 15.1. The van der Waals surface area contributed by atoms with Gasteiger partial charge in [0.2, 0.25) is 0 Å². The second-order valence-corrected chi connectivity index (χ2v) is 2.91. The zero-order valence-corrected chi connectivity index (χ0v) is 7.75. The number of pyridine rings is 1. The van der Waals surface area contributed by atoms with Gasteiger partial charge in [-0.3, -0.25) is 4.98 Å². The van der Waals surface area contributed by atoms with Gasteiger partial charge in [-0.2, -0.15) is 0 Å². The summed E-state index contributed by atoms with van der Waals surface area (Å²) in [6, 6.07) is 3.97. The van der Waals surface area contributed by atoms with E-state index < -0.39 is 0 Å². The summed E-state index contributed by atoms with van der Waals surface area (Å²) in [5.74, 6) is 0. The van der Waals surface area contributed by atoms with Gasteiger partial charge in [0.05, 0.1) is 5.69 Å². The minimum Gasteiger partial charge on any atom is -0.373 e. The zero-order valence-electron chi connectivity index (χ0n) is 7.75. The average molecular weight is 163 g/mol. The fourth-order valence-corrected chi connectivity index (χ4v) is 1.05. The van der Waals surface area contributed by atoms with Gasteiger partial charge in [-0.15, -0.1) is 0 Å². The van der Waals surface area contributed by atoms with Crippen LogP contribution < -0.4 is 4.90 Å². The molecule has 0 aliphatic rings. The highest BCUT2D eigenvalue weighted by Gasteiger charge is 1.98. The smallest absolute Gasteiger partial charge is 0.114 e. The third-order valence-corrected chi connectivity index (χ3v) is 1.85. The molecule has 0 aliphatic carbocycles. The molecule has 1 aromatic rings. The van der Waals surface area contributed by atoms with E-state index in [0.29, 0.717) is 0 Å². The first-order valence-electron chi connectivity index (χ1n) is 4.38. The number of hydrogen-bond donors (Lipinski definition) is 0. The minimum absolute atomic E-state index is 1.07.